The molecule has 0 aliphatic carbocycles. The Morgan fingerprint density at radius 1 is 1.67 bits per heavy atom. The molecule has 12 heavy (non-hydrogen) atoms. The van der Waals surface area contributed by atoms with E-state index in [-0.39, 0.29) is 0 Å². The number of aromatic amines is 1. The van der Waals surface area contributed by atoms with E-state index in [1.807, 2.05) is 18.0 Å². The predicted molar refractivity (Wildman–Crippen MR) is 54.8 cm³/mol. The van der Waals surface area contributed by atoms with Crippen LogP contribution >= 0.6 is 11.8 Å². The van der Waals surface area contributed by atoms with Crippen molar-refractivity contribution in [2.75, 3.05) is 12.0 Å². The van der Waals surface area contributed by atoms with Crippen molar-refractivity contribution >= 4 is 11.8 Å². The van der Waals surface area contributed by atoms with Gasteiger partial charge in [-0.25, -0.2) is 4.98 Å². The molecule has 68 valence electrons. The molecule has 0 amide bonds. The number of H-pyrrole nitrogens is 1. The van der Waals surface area contributed by atoms with Crippen molar-refractivity contribution in [3.05, 3.63) is 17.7 Å². The van der Waals surface area contributed by atoms with Gasteiger partial charge in [0, 0.05) is 30.0 Å². The van der Waals surface area contributed by atoms with Gasteiger partial charge in [0.1, 0.15) is 5.82 Å². The smallest absolute Gasteiger partial charge is 0.105 e. The summed E-state index contributed by atoms with van der Waals surface area (Å²) in [6.07, 6.45) is 5.08. The van der Waals surface area contributed by atoms with Crippen molar-refractivity contribution in [2.24, 2.45) is 0 Å². The van der Waals surface area contributed by atoms with Gasteiger partial charge in [-0.3, -0.25) is 0 Å². The third kappa shape index (κ3) is 2.27. The van der Waals surface area contributed by atoms with Gasteiger partial charge in [0.2, 0.25) is 0 Å². The SMILES string of the molecule is CCc1ncc(C(C)CSC)[nH]1. The third-order valence-electron chi connectivity index (χ3n) is 1.93. The van der Waals surface area contributed by atoms with E-state index in [1.54, 1.807) is 0 Å². The molecule has 0 bridgehead atoms. The van der Waals surface area contributed by atoms with E-state index in [0.29, 0.717) is 5.92 Å². The van der Waals surface area contributed by atoms with Gasteiger partial charge in [-0.1, -0.05) is 13.8 Å². The molecule has 1 aromatic heterocycles. The predicted octanol–water partition coefficient (Wildman–Crippen LogP) is 2.44. The molecule has 1 heterocycles. The van der Waals surface area contributed by atoms with Gasteiger partial charge in [-0.05, 0) is 6.26 Å². The van der Waals surface area contributed by atoms with Crippen LogP contribution in [0.25, 0.3) is 0 Å². The number of hydrogen-bond acceptors (Lipinski definition) is 2. The Balaban J connectivity index is 2.61. The number of aromatic nitrogens is 2. The molecule has 2 nitrogen and oxygen atoms in total. The maximum absolute atomic E-state index is 4.27. The molecule has 1 rings (SSSR count). The van der Waals surface area contributed by atoms with E-state index < -0.39 is 0 Å². The molecule has 1 atom stereocenters. The Labute approximate surface area is 78.2 Å². The van der Waals surface area contributed by atoms with Gasteiger partial charge < -0.3 is 4.98 Å². The normalized spacial score (nSPS) is 13.2. The van der Waals surface area contributed by atoms with E-state index in [0.717, 1.165) is 18.0 Å². The van der Waals surface area contributed by atoms with Crippen molar-refractivity contribution < 1.29 is 0 Å². The first-order chi connectivity index (χ1) is 5.77. The Kier molecular flexibility index (Phi) is 3.66. The molecule has 1 unspecified atom stereocenters. The second kappa shape index (κ2) is 4.55. The van der Waals surface area contributed by atoms with Crippen LogP contribution in [-0.4, -0.2) is 22.0 Å². The number of nitrogens with one attached hydrogen (secondary N) is 1. The summed E-state index contributed by atoms with van der Waals surface area (Å²) < 4.78 is 0. The molecular formula is C9H16N2S. The fraction of sp³-hybridized carbons (Fsp3) is 0.667. The van der Waals surface area contributed by atoms with Gasteiger partial charge in [0.25, 0.3) is 0 Å². The van der Waals surface area contributed by atoms with Crippen molar-refractivity contribution in [1.29, 1.82) is 0 Å². The van der Waals surface area contributed by atoms with Gasteiger partial charge in [0.15, 0.2) is 0 Å². The van der Waals surface area contributed by atoms with Crippen molar-refractivity contribution in [1.82, 2.24) is 9.97 Å². The number of imidazole rings is 1. The van der Waals surface area contributed by atoms with Crippen LogP contribution in [0.3, 0.4) is 0 Å². The second-order valence-electron chi connectivity index (χ2n) is 3.00. The monoisotopic (exact) mass is 184 g/mol. The average molecular weight is 184 g/mol. The van der Waals surface area contributed by atoms with E-state index >= 15 is 0 Å². The summed E-state index contributed by atoms with van der Waals surface area (Å²) in [4.78, 5) is 7.60. The highest BCUT2D eigenvalue weighted by atomic mass is 32.2. The van der Waals surface area contributed by atoms with E-state index in [9.17, 15) is 0 Å². The van der Waals surface area contributed by atoms with E-state index in [2.05, 4.69) is 30.1 Å². The zero-order chi connectivity index (χ0) is 8.97. The third-order valence-corrected chi connectivity index (χ3v) is 2.76. The van der Waals surface area contributed by atoms with Crippen molar-refractivity contribution in [2.45, 2.75) is 26.2 Å². The van der Waals surface area contributed by atoms with E-state index in [1.165, 1.54) is 5.69 Å². The number of aryl methyl sites for hydroxylation is 1. The lowest BCUT2D eigenvalue weighted by Gasteiger charge is -2.05. The molecule has 0 saturated carbocycles. The van der Waals surface area contributed by atoms with Crippen molar-refractivity contribution in [3.8, 4) is 0 Å². The van der Waals surface area contributed by atoms with Crippen molar-refractivity contribution in [3.63, 3.8) is 0 Å². The fourth-order valence-corrected chi connectivity index (χ4v) is 1.83. The highest BCUT2D eigenvalue weighted by Crippen LogP contribution is 2.16. The van der Waals surface area contributed by atoms with Crippen LogP contribution in [0.2, 0.25) is 0 Å². The molecule has 0 spiro atoms. The molecule has 1 aromatic rings. The number of nitrogens with zero attached hydrogens (tertiary/aromatic N) is 1. The lowest BCUT2D eigenvalue weighted by Crippen LogP contribution is -1.96. The summed E-state index contributed by atoms with van der Waals surface area (Å²) in [5.74, 6) is 2.84. The molecule has 0 aliphatic heterocycles. The van der Waals surface area contributed by atoms with Gasteiger partial charge >= 0.3 is 0 Å². The first kappa shape index (κ1) is 9.65. The molecule has 0 fully saturated rings. The minimum Gasteiger partial charge on any atom is -0.346 e. The summed E-state index contributed by atoms with van der Waals surface area (Å²) >= 11 is 1.87. The summed E-state index contributed by atoms with van der Waals surface area (Å²) in [5.41, 5.74) is 1.27. The van der Waals surface area contributed by atoms with E-state index in [4.69, 9.17) is 0 Å². The quantitative estimate of drug-likeness (QED) is 0.778. The minimum absolute atomic E-state index is 0.591. The summed E-state index contributed by atoms with van der Waals surface area (Å²) in [6.45, 7) is 4.34. The standard InChI is InChI=1S/C9H16N2S/c1-4-9-10-5-8(11-9)7(2)6-12-3/h5,7H,4,6H2,1-3H3,(H,10,11). The summed E-state index contributed by atoms with van der Waals surface area (Å²) in [7, 11) is 0. The van der Waals surface area contributed by atoms with Crippen LogP contribution in [0.15, 0.2) is 6.20 Å². The van der Waals surface area contributed by atoms with Crippen LogP contribution in [-0.2, 0) is 6.42 Å². The lowest BCUT2D eigenvalue weighted by molar-refractivity contribution is 0.835. The molecule has 0 aromatic carbocycles. The minimum atomic E-state index is 0.591. The van der Waals surface area contributed by atoms with Crippen LogP contribution in [0.5, 0.6) is 0 Å². The molecule has 3 heteroatoms. The van der Waals surface area contributed by atoms with Crippen LogP contribution in [0.1, 0.15) is 31.3 Å². The number of thioether (sulfide) groups is 1. The average Bonchev–Trinajstić information content (AvgIpc) is 2.52. The van der Waals surface area contributed by atoms with Crippen LogP contribution in [0.4, 0.5) is 0 Å². The van der Waals surface area contributed by atoms with Gasteiger partial charge in [-0.15, -0.1) is 0 Å². The summed E-state index contributed by atoms with van der Waals surface area (Å²) in [6, 6.07) is 0. The highest BCUT2D eigenvalue weighted by Gasteiger charge is 2.06. The summed E-state index contributed by atoms with van der Waals surface area (Å²) in [5, 5.41) is 0. The van der Waals surface area contributed by atoms with Gasteiger partial charge in [0.05, 0.1) is 0 Å². The van der Waals surface area contributed by atoms with Crippen LogP contribution in [0, 0.1) is 0 Å². The Morgan fingerprint density at radius 2 is 2.42 bits per heavy atom. The zero-order valence-electron chi connectivity index (χ0n) is 7.92. The van der Waals surface area contributed by atoms with Crippen LogP contribution < -0.4 is 0 Å². The highest BCUT2D eigenvalue weighted by molar-refractivity contribution is 7.98. The topological polar surface area (TPSA) is 28.7 Å². The number of rotatable bonds is 4. The lowest BCUT2D eigenvalue weighted by atomic mass is 10.1. The molecule has 0 saturated heterocycles. The maximum atomic E-state index is 4.27. The Hall–Kier alpha value is -0.440. The second-order valence-corrected chi connectivity index (χ2v) is 3.91. The fourth-order valence-electron chi connectivity index (χ4n) is 1.15. The Morgan fingerprint density at radius 3 is 2.92 bits per heavy atom. The van der Waals surface area contributed by atoms with Gasteiger partial charge in [-0.2, -0.15) is 11.8 Å². The molecule has 0 aliphatic rings. The largest absolute Gasteiger partial charge is 0.346 e. The Bertz CT molecular complexity index is 232. The first-order valence-electron chi connectivity index (χ1n) is 4.30. The molecular weight excluding hydrogens is 168 g/mol. The maximum Gasteiger partial charge on any atom is 0.105 e. The first-order valence-corrected chi connectivity index (χ1v) is 5.70. The molecule has 0 radical (unpaired) electrons. The zero-order valence-corrected chi connectivity index (χ0v) is 8.74. The molecule has 1 N–H and O–H groups in total. The number of hydrogen-bond donors (Lipinski definition) is 1.